The molecule has 4 nitrogen and oxygen atoms in total. The molecule has 0 aliphatic heterocycles. The molecule has 3 rings (SSSR count). The summed E-state index contributed by atoms with van der Waals surface area (Å²) in [6.45, 7) is 5.48. The summed E-state index contributed by atoms with van der Waals surface area (Å²) in [5.74, 6) is 6.04. The molecule has 0 aliphatic carbocycles. The van der Waals surface area contributed by atoms with Crippen LogP contribution >= 0.6 is 11.8 Å². The third-order valence-corrected chi connectivity index (χ3v) is 5.03. The van der Waals surface area contributed by atoms with Gasteiger partial charge in [-0.15, -0.1) is 17.7 Å². The first-order valence-corrected chi connectivity index (χ1v) is 10.6. The highest BCUT2D eigenvalue weighted by Gasteiger charge is 2.27. The lowest BCUT2D eigenvalue weighted by molar-refractivity contribution is -0.125. The Hall–Kier alpha value is -2.97. The van der Waals surface area contributed by atoms with E-state index in [9.17, 15) is 4.79 Å². The maximum Gasteiger partial charge on any atom is 0.272 e. The van der Waals surface area contributed by atoms with Gasteiger partial charge < -0.3 is 10.1 Å². The molecule has 0 saturated carbocycles. The summed E-state index contributed by atoms with van der Waals surface area (Å²) < 4.78 is 6.13. The second-order valence-corrected chi connectivity index (χ2v) is 7.97. The van der Waals surface area contributed by atoms with Crippen molar-refractivity contribution in [2.24, 2.45) is 0 Å². The number of nitrogens with one attached hydrogen (secondary N) is 1. The number of carbonyl (C=O) groups excluding carboxylic acids is 1. The van der Waals surface area contributed by atoms with Gasteiger partial charge >= 0.3 is 0 Å². The standard InChI is InChI=1S/C24H24N2O2S/c1-5-15-24(2,3)26-21(27)23(29-4)28-22-19(17-11-7-6-8-12-17)16-18-13-9-10-14-20(18)25-22/h6-14,16,23H,1-4H3,(H,26,27). The van der Waals surface area contributed by atoms with E-state index in [2.05, 4.69) is 23.2 Å². The maximum absolute atomic E-state index is 12.8. The van der Waals surface area contributed by atoms with E-state index in [-0.39, 0.29) is 5.91 Å². The zero-order valence-corrected chi connectivity index (χ0v) is 17.8. The number of benzene rings is 2. The lowest BCUT2D eigenvalue weighted by Gasteiger charge is -2.24. The van der Waals surface area contributed by atoms with Crippen LogP contribution in [0.1, 0.15) is 20.8 Å². The van der Waals surface area contributed by atoms with Gasteiger partial charge in [-0.3, -0.25) is 4.79 Å². The fourth-order valence-corrected chi connectivity index (χ4v) is 3.49. The van der Waals surface area contributed by atoms with E-state index < -0.39 is 11.0 Å². The van der Waals surface area contributed by atoms with Crippen molar-refractivity contribution >= 4 is 28.6 Å². The molecule has 1 aromatic heterocycles. The summed E-state index contributed by atoms with van der Waals surface area (Å²) in [7, 11) is 0. The van der Waals surface area contributed by atoms with Gasteiger partial charge in [0.05, 0.1) is 11.1 Å². The Labute approximate surface area is 176 Å². The van der Waals surface area contributed by atoms with E-state index in [0.29, 0.717) is 5.88 Å². The van der Waals surface area contributed by atoms with Crippen molar-refractivity contribution in [3.63, 3.8) is 0 Å². The summed E-state index contributed by atoms with van der Waals surface area (Å²) in [6, 6.07) is 19.8. The van der Waals surface area contributed by atoms with Crippen LogP contribution in [0.3, 0.4) is 0 Å². The minimum atomic E-state index is -0.746. The molecule has 1 unspecified atom stereocenters. The first-order valence-electron chi connectivity index (χ1n) is 9.34. The summed E-state index contributed by atoms with van der Waals surface area (Å²) in [6.07, 6.45) is 1.84. The summed E-state index contributed by atoms with van der Waals surface area (Å²) in [5, 5.41) is 3.96. The number of hydrogen-bond acceptors (Lipinski definition) is 4. The third kappa shape index (κ3) is 5.10. The number of nitrogens with zero attached hydrogens (tertiary/aromatic N) is 1. The molecule has 0 bridgehead atoms. The predicted octanol–water partition coefficient (Wildman–Crippen LogP) is 4.89. The number of carbonyl (C=O) groups is 1. The topological polar surface area (TPSA) is 51.2 Å². The predicted molar refractivity (Wildman–Crippen MR) is 121 cm³/mol. The van der Waals surface area contributed by atoms with Crippen LogP contribution in [-0.2, 0) is 4.79 Å². The zero-order valence-electron chi connectivity index (χ0n) is 17.0. The van der Waals surface area contributed by atoms with Crippen molar-refractivity contribution < 1.29 is 9.53 Å². The van der Waals surface area contributed by atoms with Crippen LogP contribution in [0.25, 0.3) is 22.0 Å². The van der Waals surface area contributed by atoms with E-state index in [1.165, 1.54) is 11.8 Å². The van der Waals surface area contributed by atoms with Gasteiger partial charge in [0, 0.05) is 10.9 Å². The van der Waals surface area contributed by atoms with Gasteiger partial charge in [-0.1, -0.05) is 54.5 Å². The van der Waals surface area contributed by atoms with Crippen LogP contribution in [0.15, 0.2) is 60.7 Å². The van der Waals surface area contributed by atoms with E-state index >= 15 is 0 Å². The fourth-order valence-electron chi connectivity index (χ4n) is 3.03. The van der Waals surface area contributed by atoms with Gasteiger partial charge in [-0.05, 0) is 44.7 Å². The molecule has 0 spiro atoms. The smallest absolute Gasteiger partial charge is 0.272 e. The molecule has 1 N–H and O–H groups in total. The summed E-state index contributed by atoms with van der Waals surface area (Å²) in [4.78, 5) is 17.5. The lowest BCUT2D eigenvalue weighted by Crippen LogP contribution is -2.47. The highest BCUT2D eigenvalue weighted by Crippen LogP contribution is 2.33. The first kappa shape index (κ1) is 20.8. The number of thioether (sulfide) groups is 1. The Kier molecular flexibility index (Phi) is 6.46. The Morgan fingerprint density at radius 1 is 1.14 bits per heavy atom. The number of ether oxygens (including phenoxy) is 1. The quantitative estimate of drug-likeness (QED) is 0.470. The number of pyridine rings is 1. The molecule has 0 fully saturated rings. The van der Waals surface area contributed by atoms with Crippen LogP contribution in [-0.4, -0.2) is 28.1 Å². The molecule has 2 aromatic carbocycles. The zero-order chi connectivity index (χ0) is 20.9. The van der Waals surface area contributed by atoms with Gasteiger partial charge in [-0.2, -0.15) is 0 Å². The molecular weight excluding hydrogens is 380 g/mol. The van der Waals surface area contributed by atoms with Crippen molar-refractivity contribution in [1.82, 2.24) is 10.3 Å². The monoisotopic (exact) mass is 404 g/mol. The molecule has 148 valence electrons. The Bertz CT molecular complexity index is 1070. The first-order chi connectivity index (χ1) is 13.9. The van der Waals surface area contributed by atoms with Gasteiger partial charge in [0.2, 0.25) is 11.3 Å². The number of amides is 1. The Morgan fingerprint density at radius 3 is 2.52 bits per heavy atom. The molecule has 1 amide bonds. The Morgan fingerprint density at radius 2 is 1.83 bits per heavy atom. The number of rotatable bonds is 6. The van der Waals surface area contributed by atoms with Gasteiger partial charge in [0.15, 0.2) is 0 Å². The van der Waals surface area contributed by atoms with Gasteiger partial charge in [0.1, 0.15) is 0 Å². The number of para-hydroxylation sites is 1. The SMILES string of the molecule is CC#CC(C)(C)NC(=O)C(Oc1nc2ccccc2cc1-c1ccccc1)SC. The lowest BCUT2D eigenvalue weighted by atomic mass is 10.0. The van der Waals surface area contributed by atoms with Crippen LogP contribution in [0.2, 0.25) is 0 Å². The average molecular weight is 405 g/mol. The maximum atomic E-state index is 12.8. The van der Waals surface area contributed by atoms with E-state index in [0.717, 1.165) is 22.0 Å². The number of hydrogen-bond donors (Lipinski definition) is 1. The highest BCUT2D eigenvalue weighted by atomic mass is 32.2. The second kappa shape index (κ2) is 9.02. The average Bonchev–Trinajstić information content (AvgIpc) is 2.71. The van der Waals surface area contributed by atoms with E-state index in [4.69, 9.17) is 9.72 Å². The van der Waals surface area contributed by atoms with Crippen LogP contribution in [0, 0.1) is 11.8 Å². The molecule has 3 aromatic rings. The molecule has 29 heavy (non-hydrogen) atoms. The molecule has 1 heterocycles. The second-order valence-electron chi connectivity index (χ2n) is 7.07. The Balaban J connectivity index is 1.98. The van der Waals surface area contributed by atoms with E-state index in [1.54, 1.807) is 6.92 Å². The van der Waals surface area contributed by atoms with Crippen LogP contribution in [0.5, 0.6) is 5.88 Å². The van der Waals surface area contributed by atoms with Crippen LogP contribution in [0.4, 0.5) is 0 Å². The van der Waals surface area contributed by atoms with Crippen molar-refractivity contribution in [2.45, 2.75) is 31.7 Å². The molecule has 5 heteroatoms. The molecule has 1 atom stereocenters. The minimum Gasteiger partial charge on any atom is -0.453 e. The summed E-state index contributed by atoms with van der Waals surface area (Å²) >= 11 is 1.32. The molecular formula is C24H24N2O2S. The van der Waals surface area contributed by atoms with Crippen molar-refractivity contribution in [2.75, 3.05) is 6.26 Å². The largest absolute Gasteiger partial charge is 0.453 e. The molecule has 0 aliphatic rings. The minimum absolute atomic E-state index is 0.237. The molecule has 0 saturated heterocycles. The van der Waals surface area contributed by atoms with Gasteiger partial charge in [0.25, 0.3) is 5.91 Å². The normalized spacial score (nSPS) is 12.0. The summed E-state index contributed by atoms with van der Waals surface area (Å²) in [5.41, 5.74) is 1.27. The molecule has 0 radical (unpaired) electrons. The number of aromatic nitrogens is 1. The van der Waals surface area contributed by atoms with Crippen LogP contribution < -0.4 is 10.1 Å². The van der Waals surface area contributed by atoms with Crippen molar-refractivity contribution in [1.29, 1.82) is 0 Å². The van der Waals surface area contributed by atoms with Crippen molar-refractivity contribution in [3.8, 4) is 28.8 Å². The highest BCUT2D eigenvalue weighted by molar-refractivity contribution is 7.99. The fraction of sp³-hybridized carbons (Fsp3) is 0.250. The van der Waals surface area contributed by atoms with Crippen molar-refractivity contribution in [3.05, 3.63) is 60.7 Å². The van der Waals surface area contributed by atoms with E-state index in [1.807, 2.05) is 74.7 Å². The number of fused-ring (bicyclic) bond motifs is 1. The van der Waals surface area contributed by atoms with Gasteiger partial charge in [-0.25, -0.2) is 4.98 Å². The third-order valence-electron chi connectivity index (χ3n) is 4.29.